The average Bonchev–Trinajstić information content (AvgIpc) is 2.45. The maximum absolute atomic E-state index is 11.0. The number of ether oxygens (including phenoxy) is 1. The van der Waals surface area contributed by atoms with Crippen molar-refractivity contribution in [3.8, 4) is 5.75 Å². The van der Waals surface area contributed by atoms with Gasteiger partial charge in [-0.15, -0.1) is 0 Å². The predicted octanol–water partition coefficient (Wildman–Crippen LogP) is 4.18. The number of carboxylic acid groups (broad SMARTS) is 1. The van der Waals surface area contributed by atoms with Gasteiger partial charge in [0, 0.05) is 5.41 Å². The Bertz CT molecular complexity index is 515. The maximum Gasteiger partial charge on any atom is 0.335 e. The van der Waals surface area contributed by atoms with Crippen molar-refractivity contribution in [3.05, 3.63) is 29.3 Å². The second kappa shape index (κ2) is 5.12. The molecular formula is C17H22O3. The molecular weight excluding hydrogens is 252 g/mol. The van der Waals surface area contributed by atoms with Crippen LogP contribution in [0.3, 0.4) is 0 Å². The second-order valence-electron chi connectivity index (χ2n) is 6.35. The summed E-state index contributed by atoms with van der Waals surface area (Å²) in [4.78, 5) is 11.0. The largest absolute Gasteiger partial charge is 0.490 e. The second-order valence-corrected chi connectivity index (χ2v) is 6.35. The topological polar surface area (TPSA) is 46.5 Å². The fourth-order valence-electron chi connectivity index (χ4n) is 3.75. The third-order valence-electron chi connectivity index (χ3n) is 5.13. The minimum absolute atomic E-state index is 0.329. The first-order valence-corrected chi connectivity index (χ1v) is 7.61. The summed E-state index contributed by atoms with van der Waals surface area (Å²) in [5.41, 5.74) is 1.66. The van der Waals surface area contributed by atoms with E-state index in [4.69, 9.17) is 9.84 Å². The number of aromatic carboxylic acids is 1. The van der Waals surface area contributed by atoms with Crippen LogP contribution in [0.5, 0.6) is 5.75 Å². The summed E-state index contributed by atoms with van der Waals surface area (Å²) in [7, 11) is 0. The van der Waals surface area contributed by atoms with E-state index in [-0.39, 0.29) is 0 Å². The quantitative estimate of drug-likeness (QED) is 0.899. The van der Waals surface area contributed by atoms with E-state index in [0.29, 0.717) is 17.1 Å². The Morgan fingerprint density at radius 1 is 1.25 bits per heavy atom. The fraction of sp³-hybridized carbons (Fsp3) is 0.588. The zero-order valence-corrected chi connectivity index (χ0v) is 12.0. The number of aryl methyl sites for hydroxylation is 1. The SMILES string of the molecule is Cc1cc(C(=O)O)ccc1OC1CCC12CCCCC2. The smallest absolute Gasteiger partial charge is 0.335 e. The lowest BCUT2D eigenvalue weighted by Crippen LogP contribution is -2.49. The number of hydrogen-bond donors (Lipinski definition) is 1. The van der Waals surface area contributed by atoms with E-state index in [0.717, 1.165) is 17.7 Å². The lowest BCUT2D eigenvalue weighted by molar-refractivity contribution is -0.0706. The Morgan fingerprint density at radius 3 is 2.55 bits per heavy atom. The van der Waals surface area contributed by atoms with Gasteiger partial charge in [0.05, 0.1) is 5.56 Å². The molecule has 0 aliphatic heterocycles. The molecule has 3 nitrogen and oxygen atoms in total. The molecule has 1 aromatic rings. The molecule has 0 saturated heterocycles. The van der Waals surface area contributed by atoms with Gasteiger partial charge in [0.25, 0.3) is 0 Å². The molecule has 2 saturated carbocycles. The van der Waals surface area contributed by atoms with Gasteiger partial charge in [-0.1, -0.05) is 19.3 Å². The molecule has 0 heterocycles. The lowest BCUT2D eigenvalue weighted by Gasteiger charge is -2.51. The van der Waals surface area contributed by atoms with Gasteiger partial charge < -0.3 is 9.84 Å². The third-order valence-corrected chi connectivity index (χ3v) is 5.13. The van der Waals surface area contributed by atoms with Gasteiger partial charge in [-0.05, 0) is 56.4 Å². The van der Waals surface area contributed by atoms with Crippen LogP contribution in [0.25, 0.3) is 0 Å². The molecule has 2 fully saturated rings. The van der Waals surface area contributed by atoms with Crippen LogP contribution in [-0.2, 0) is 0 Å². The highest BCUT2D eigenvalue weighted by Gasteiger charge is 2.48. The number of hydrogen-bond acceptors (Lipinski definition) is 2. The Hall–Kier alpha value is -1.51. The van der Waals surface area contributed by atoms with Crippen LogP contribution in [0.4, 0.5) is 0 Å². The first-order chi connectivity index (χ1) is 9.61. The van der Waals surface area contributed by atoms with E-state index >= 15 is 0 Å². The minimum atomic E-state index is -0.882. The molecule has 1 N–H and O–H groups in total. The van der Waals surface area contributed by atoms with Crippen molar-refractivity contribution in [1.82, 2.24) is 0 Å². The minimum Gasteiger partial charge on any atom is -0.490 e. The molecule has 0 bridgehead atoms. The maximum atomic E-state index is 11.0. The van der Waals surface area contributed by atoms with E-state index in [9.17, 15) is 4.79 Å². The van der Waals surface area contributed by atoms with Crippen LogP contribution < -0.4 is 4.74 Å². The molecule has 3 rings (SSSR count). The number of carbonyl (C=O) groups is 1. The molecule has 20 heavy (non-hydrogen) atoms. The summed E-state index contributed by atoms with van der Waals surface area (Å²) >= 11 is 0. The van der Waals surface area contributed by atoms with Gasteiger partial charge >= 0.3 is 5.97 Å². The Labute approximate surface area is 120 Å². The summed E-state index contributed by atoms with van der Waals surface area (Å²) in [6, 6.07) is 5.15. The van der Waals surface area contributed by atoms with Gasteiger partial charge in [-0.3, -0.25) is 0 Å². The monoisotopic (exact) mass is 274 g/mol. The number of carboxylic acids is 1. The van der Waals surface area contributed by atoms with Crippen molar-refractivity contribution in [2.75, 3.05) is 0 Å². The van der Waals surface area contributed by atoms with Crippen molar-refractivity contribution in [3.63, 3.8) is 0 Å². The standard InChI is InChI=1S/C17H22O3/c1-12-11-13(16(18)19)5-6-14(12)20-15-7-10-17(15)8-3-2-4-9-17/h5-6,11,15H,2-4,7-10H2,1H3,(H,18,19). The summed E-state index contributed by atoms with van der Waals surface area (Å²) in [5.74, 6) is -0.0308. The highest BCUT2D eigenvalue weighted by Crippen LogP contribution is 2.53. The van der Waals surface area contributed by atoms with Crippen molar-refractivity contribution in [2.45, 2.75) is 58.0 Å². The predicted molar refractivity (Wildman–Crippen MR) is 77.3 cm³/mol. The highest BCUT2D eigenvalue weighted by molar-refractivity contribution is 5.88. The summed E-state index contributed by atoms with van der Waals surface area (Å²) < 4.78 is 6.22. The van der Waals surface area contributed by atoms with Crippen LogP contribution in [0.15, 0.2) is 18.2 Å². The first kappa shape index (κ1) is 13.5. The van der Waals surface area contributed by atoms with Gasteiger partial charge in [0.1, 0.15) is 11.9 Å². The van der Waals surface area contributed by atoms with Crippen LogP contribution in [0, 0.1) is 12.3 Å². The summed E-state index contributed by atoms with van der Waals surface area (Å²) in [6.45, 7) is 1.92. The van der Waals surface area contributed by atoms with Crippen molar-refractivity contribution >= 4 is 5.97 Å². The van der Waals surface area contributed by atoms with E-state index < -0.39 is 5.97 Å². The van der Waals surface area contributed by atoms with Gasteiger partial charge in [0.2, 0.25) is 0 Å². The average molecular weight is 274 g/mol. The van der Waals surface area contributed by atoms with E-state index in [1.165, 1.54) is 38.5 Å². The molecule has 0 amide bonds. The third kappa shape index (κ3) is 2.30. The molecule has 2 aliphatic rings. The molecule has 1 aromatic carbocycles. The van der Waals surface area contributed by atoms with E-state index in [1.54, 1.807) is 12.1 Å². The van der Waals surface area contributed by atoms with Crippen molar-refractivity contribution in [1.29, 1.82) is 0 Å². The van der Waals surface area contributed by atoms with Crippen LogP contribution in [0.2, 0.25) is 0 Å². The van der Waals surface area contributed by atoms with Gasteiger partial charge in [-0.25, -0.2) is 4.79 Å². The molecule has 1 atom stereocenters. The Balaban J connectivity index is 1.73. The van der Waals surface area contributed by atoms with Crippen LogP contribution in [-0.4, -0.2) is 17.2 Å². The van der Waals surface area contributed by atoms with Crippen LogP contribution in [0.1, 0.15) is 60.9 Å². The molecule has 3 heteroatoms. The number of benzene rings is 1. The summed E-state index contributed by atoms with van der Waals surface area (Å²) in [5, 5.41) is 9.00. The number of rotatable bonds is 3. The fourth-order valence-corrected chi connectivity index (χ4v) is 3.75. The highest BCUT2D eigenvalue weighted by atomic mass is 16.5. The zero-order chi connectivity index (χ0) is 14.2. The van der Waals surface area contributed by atoms with Crippen molar-refractivity contribution in [2.24, 2.45) is 5.41 Å². The molecule has 1 unspecified atom stereocenters. The molecule has 0 radical (unpaired) electrons. The zero-order valence-electron chi connectivity index (χ0n) is 12.0. The van der Waals surface area contributed by atoms with E-state index in [1.807, 2.05) is 13.0 Å². The molecule has 1 spiro atoms. The molecule has 0 aromatic heterocycles. The Kier molecular flexibility index (Phi) is 3.45. The Morgan fingerprint density at radius 2 is 2.00 bits per heavy atom. The normalized spacial score (nSPS) is 24.1. The van der Waals surface area contributed by atoms with Crippen LogP contribution >= 0.6 is 0 Å². The van der Waals surface area contributed by atoms with Gasteiger partial charge in [-0.2, -0.15) is 0 Å². The van der Waals surface area contributed by atoms with Gasteiger partial charge in [0.15, 0.2) is 0 Å². The summed E-state index contributed by atoms with van der Waals surface area (Å²) in [6.07, 6.45) is 9.38. The first-order valence-electron chi connectivity index (χ1n) is 7.61. The molecule has 2 aliphatic carbocycles. The lowest BCUT2D eigenvalue weighted by atomic mass is 9.58. The van der Waals surface area contributed by atoms with Crippen molar-refractivity contribution < 1.29 is 14.6 Å². The van der Waals surface area contributed by atoms with E-state index in [2.05, 4.69) is 0 Å². The molecule has 108 valence electrons.